The molecular formula is C52H32N2O. The number of para-hydroxylation sites is 4. The lowest BCUT2D eigenvalue weighted by atomic mass is 9.98. The van der Waals surface area contributed by atoms with E-state index in [4.69, 9.17) is 4.42 Å². The Morgan fingerprint density at radius 2 is 0.909 bits per heavy atom. The molecule has 0 saturated heterocycles. The molecule has 256 valence electrons. The number of furan rings is 1. The molecule has 3 heteroatoms. The first-order chi connectivity index (χ1) is 27.3. The molecule has 0 unspecified atom stereocenters. The van der Waals surface area contributed by atoms with Crippen molar-refractivity contribution in [2.24, 2.45) is 0 Å². The molecule has 0 radical (unpaired) electrons. The molecule has 0 fully saturated rings. The van der Waals surface area contributed by atoms with Crippen LogP contribution in [0.25, 0.3) is 110 Å². The minimum atomic E-state index is 0.879. The summed E-state index contributed by atoms with van der Waals surface area (Å²) in [5.74, 6) is 0. The van der Waals surface area contributed by atoms with E-state index in [2.05, 4.69) is 203 Å². The summed E-state index contributed by atoms with van der Waals surface area (Å²) in [5.41, 5.74) is 13.4. The Balaban J connectivity index is 1.13. The summed E-state index contributed by atoms with van der Waals surface area (Å²) in [6.45, 7) is 0. The van der Waals surface area contributed by atoms with Crippen LogP contribution in [0.15, 0.2) is 199 Å². The van der Waals surface area contributed by atoms with Gasteiger partial charge < -0.3 is 13.6 Å². The van der Waals surface area contributed by atoms with Crippen LogP contribution in [0.4, 0.5) is 0 Å². The van der Waals surface area contributed by atoms with Crippen molar-refractivity contribution < 1.29 is 4.42 Å². The van der Waals surface area contributed by atoms with E-state index in [9.17, 15) is 0 Å². The molecule has 3 nitrogen and oxygen atoms in total. The average molecular weight is 701 g/mol. The van der Waals surface area contributed by atoms with Crippen molar-refractivity contribution in [2.45, 2.75) is 0 Å². The van der Waals surface area contributed by atoms with E-state index < -0.39 is 0 Å². The van der Waals surface area contributed by atoms with Gasteiger partial charge in [0.25, 0.3) is 0 Å². The molecule has 12 rings (SSSR count). The molecule has 0 saturated carbocycles. The third-order valence-corrected chi connectivity index (χ3v) is 11.5. The van der Waals surface area contributed by atoms with Gasteiger partial charge in [0.1, 0.15) is 11.2 Å². The summed E-state index contributed by atoms with van der Waals surface area (Å²) >= 11 is 0. The fraction of sp³-hybridized carbons (Fsp3) is 0. The summed E-state index contributed by atoms with van der Waals surface area (Å²) < 4.78 is 11.5. The molecule has 0 aliphatic heterocycles. The smallest absolute Gasteiger partial charge is 0.138 e. The number of rotatable bonds is 4. The molecule has 0 amide bonds. The lowest BCUT2D eigenvalue weighted by Crippen LogP contribution is -1.96. The number of aromatic nitrogens is 2. The minimum Gasteiger partial charge on any atom is -0.456 e. The normalized spacial score (nSPS) is 12.0. The molecule has 9 aromatic carbocycles. The highest BCUT2D eigenvalue weighted by Gasteiger charge is 2.21. The lowest BCUT2D eigenvalue weighted by Gasteiger charge is -2.14. The fourth-order valence-corrected chi connectivity index (χ4v) is 8.96. The van der Waals surface area contributed by atoms with Crippen molar-refractivity contribution in [3.63, 3.8) is 0 Å². The first-order valence-electron chi connectivity index (χ1n) is 18.8. The van der Waals surface area contributed by atoms with Crippen LogP contribution in [0.5, 0.6) is 0 Å². The van der Waals surface area contributed by atoms with Gasteiger partial charge in [0.2, 0.25) is 0 Å². The molecule has 3 heterocycles. The predicted octanol–water partition coefficient (Wildman–Crippen LogP) is 14.3. The van der Waals surface area contributed by atoms with E-state index >= 15 is 0 Å². The van der Waals surface area contributed by atoms with Gasteiger partial charge in [-0.1, -0.05) is 127 Å². The third kappa shape index (κ3) is 4.50. The molecule has 3 aromatic heterocycles. The van der Waals surface area contributed by atoms with Crippen LogP contribution in [0.3, 0.4) is 0 Å². The second kappa shape index (κ2) is 11.6. The van der Waals surface area contributed by atoms with Crippen molar-refractivity contribution in [1.29, 1.82) is 0 Å². The highest BCUT2D eigenvalue weighted by molar-refractivity contribution is 6.16. The molecule has 0 bridgehead atoms. The Kier molecular flexibility index (Phi) is 6.34. The highest BCUT2D eigenvalue weighted by Crippen LogP contribution is 2.43. The van der Waals surface area contributed by atoms with Gasteiger partial charge in [-0.15, -0.1) is 0 Å². The second-order valence-electron chi connectivity index (χ2n) is 14.5. The summed E-state index contributed by atoms with van der Waals surface area (Å²) in [5, 5.41) is 9.61. The molecule has 0 spiro atoms. The number of nitrogens with zero attached hydrogens (tertiary/aromatic N) is 2. The van der Waals surface area contributed by atoms with Crippen molar-refractivity contribution in [3.8, 4) is 33.6 Å². The van der Waals surface area contributed by atoms with Crippen LogP contribution in [0.2, 0.25) is 0 Å². The quantitative estimate of drug-likeness (QED) is 0.179. The van der Waals surface area contributed by atoms with Crippen molar-refractivity contribution >= 4 is 76.3 Å². The SMILES string of the molecule is c1ccc(-n2c3ccccc3c3cc(-c4ccc5c6ccccc6n(-c6cc(-c7ccc8ccccc8c7)cc7oc8ccccc8c67)c5c4)ccc32)cc1. The lowest BCUT2D eigenvalue weighted by molar-refractivity contribution is 0.669. The molecular weight excluding hydrogens is 669 g/mol. The van der Waals surface area contributed by atoms with Crippen molar-refractivity contribution in [1.82, 2.24) is 9.13 Å². The Labute approximate surface area is 316 Å². The van der Waals surface area contributed by atoms with Gasteiger partial charge >= 0.3 is 0 Å². The van der Waals surface area contributed by atoms with Crippen molar-refractivity contribution in [3.05, 3.63) is 194 Å². The van der Waals surface area contributed by atoms with E-state index in [0.29, 0.717) is 0 Å². The van der Waals surface area contributed by atoms with E-state index in [1.807, 2.05) is 0 Å². The first-order valence-corrected chi connectivity index (χ1v) is 18.8. The Morgan fingerprint density at radius 3 is 1.76 bits per heavy atom. The van der Waals surface area contributed by atoms with Gasteiger partial charge in [-0.25, -0.2) is 0 Å². The molecule has 0 atom stereocenters. The first kappa shape index (κ1) is 30.1. The number of fused-ring (bicyclic) bond motifs is 10. The van der Waals surface area contributed by atoms with E-state index in [0.717, 1.165) is 50.0 Å². The van der Waals surface area contributed by atoms with E-state index in [1.165, 1.54) is 60.0 Å². The van der Waals surface area contributed by atoms with Crippen molar-refractivity contribution in [2.75, 3.05) is 0 Å². The number of hydrogen-bond donors (Lipinski definition) is 0. The maximum absolute atomic E-state index is 6.65. The van der Waals surface area contributed by atoms with E-state index in [1.54, 1.807) is 0 Å². The second-order valence-corrected chi connectivity index (χ2v) is 14.5. The summed E-state index contributed by atoms with van der Waals surface area (Å²) in [6, 6.07) is 70.3. The Bertz CT molecular complexity index is 3490. The van der Waals surface area contributed by atoms with Crippen LogP contribution in [-0.2, 0) is 0 Å². The molecule has 55 heavy (non-hydrogen) atoms. The van der Waals surface area contributed by atoms with Gasteiger partial charge in [0.15, 0.2) is 0 Å². The van der Waals surface area contributed by atoms with Gasteiger partial charge in [-0.3, -0.25) is 0 Å². The van der Waals surface area contributed by atoms with Crippen LogP contribution >= 0.6 is 0 Å². The van der Waals surface area contributed by atoms with Crippen LogP contribution in [-0.4, -0.2) is 9.13 Å². The predicted molar refractivity (Wildman–Crippen MR) is 231 cm³/mol. The van der Waals surface area contributed by atoms with Crippen LogP contribution < -0.4 is 0 Å². The molecule has 0 aliphatic rings. The zero-order chi connectivity index (χ0) is 36.0. The monoisotopic (exact) mass is 700 g/mol. The number of hydrogen-bond acceptors (Lipinski definition) is 1. The third-order valence-electron chi connectivity index (χ3n) is 11.5. The topological polar surface area (TPSA) is 23.0 Å². The van der Waals surface area contributed by atoms with Gasteiger partial charge in [-0.2, -0.15) is 0 Å². The Hall–Kier alpha value is -7.36. The van der Waals surface area contributed by atoms with E-state index in [-0.39, 0.29) is 0 Å². The highest BCUT2D eigenvalue weighted by atomic mass is 16.3. The molecule has 12 aromatic rings. The van der Waals surface area contributed by atoms with Crippen LogP contribution in [0.1, 0.15) is 0 Å². The zero-order valence-corrected chi connectivity index (χ0v) is 29.8. The van der Waals surface area contributed by atoms with Crippen LogP contribution in [0, 0.1) is 0 Å². The maximum atomic E-state index is 6.65. The Morgan fingerprint density at radius 1 is 0.309 bits per heavy atom. The summed E-state index contributed by atoms with van der Waals surface area (Å²) in [7, 11) is 0. The van der Waals surface area contributed by atoms with Gasteiger partial charge in [0.05, 0.1) is 33.1 Å². The van der Waals surface area contributed by atoms with Gasteiger partial charge in [0, 0.05) is 32.6 Å². The maximum Gasteiger partial charge on any atom is 0.138 e. The summed E-state index contributed by atoms with van der Waals surface area (Å²) in [6.07, 6.45) is 0. The minimum absolute atomic E-state index is 0.879. The number of benzene rings is 9. The molecule has 0 N–H and O–H groups in total. The average Bonchev–Trinajstić information content (AvgIpc) is 3.90. The zero-order valence-electron chi connectivity index (χ0n) is 29.8. The summed E-state index contributed by atoms with van der Waals surface area (Å²) in [4.78, 5) is 0. The standard InChI is InChI=1S/C52H32N2O/c1-2-14-39(15-3-1)53-45-19-9-7-17-41(45)44-29-36(25-27-47(44)53)37-24-26-42-40-16-6-10-20-46(40)54(48(42)30-37)49-31-38(35-23-22-33-12-4-5-13-34(33)28-35)32-51-52(49)43-18-8-11-21-50(43)55-51/h1-32H. The molecule has 0 aliphatic carbocycles. The largest absolute Gasteiger partial charge is 0.456 e. The van der Waals surface area contributed by atoms with Gasteiger partial charge in [-0.05, 0) is 99.8 Å². The fourth-order valence-electron chi connectivity index (χ4n) is 8.96.